The van der Waals surface area contributed by atoms with Crippen molar-refractivity contribution in [3.8, 4) is 0 Å². The molecule has 1 unspecified atom stereocenters. The zero-order chi connectivity index (χ0) is 15.0. The summed E-state index contributed by atoms with van der Waals surface area (Å²) < 4.78 is 8.86. The van der Waals surface area contributed by atoms with Crippen LogP contribution in [0.1, 0.15) is 41.1 Å². The number of ether oxygens (including phenoxy) is 1. The quantitative estimate of drug-likeness (QED) is 0.867. The lowest BCUT2D eigenvalue weighted by Crippen LogP contribution is -2.27. The topological polar surface area (TPSA) is 74.0 Å². The molecular weight excluding hydrogens is 270 g/mol. The van der Waals surface area contributed by atoms with Crippen LogP contribution < -0.4 is 5.32 Å². The second kappa shape index (κ2) is 5.23. The van der Waals surface area contributed by atoms with Crippen LogP contribution in [0.4, 0.5) is 5.82 Å². The third-order valence-corrected chi connectivity index (χ3v) is 3.77. The summed E-state index contributed by atoms with van der Waals surface area (Å²) in [5.41, 5.74) is 2.30. The standard InChI is InChI=1S/C14H19N5O2/c1-4-21-14(20)12-9(2)17-19-11(5-7-15-13(12)19)10-6-8-16-18(10)3/h6,8,11,15H,4-5,7H2,1-3H3. The third-order valence-electron chi connectivity index (χ3n) is 3.77. The number of rotatable bonds is 3. The Morgan fingerprint density at radius 3 is 3.05 bits per heavy atom. The van der Waals surface area contributed by atoms with Crippen molar-refractivity contribution in [1.82, 2.24) is 19.6 Å². The summed E-state index contributed by atoms with van der Waals surface area (Å²) in [5.74, 6) is 0.415. The minimum atomic E-state index is -0.325. The van der Waals surface area contributed by atoms with Crippen molar-refractivity contribution < 1.29 is 9.53 Å². The van der Waals surface area contributed by atoms with Crippen LogP contribution in [0.3, 0.4) is 0 Å². The first-order valence-corrected chi connectivity index (χ1v) is 7.11. The summed E-state index contributed by atoms with van der Waals surface area (Å²) >= 11 is 0. The zero-order valence-electron chi connectivity index (χ0n) is 12.5. The van der Waals surface area contributed by atoms with Gasteiger partial charge in [0.05, 0.1) is 24.0 Å². The van der Waals surface area contributed by atoms with Gasteiger partial charge in [-0.25, -0.2) is 9.48 Å². The molecule has 2 aromatic heterocycles. The SMILES string of the molecule is CCOC(=O)c1c(C)nn2c1NCCC2c1ccnn1C. The molecule has 2 aromatic rings. The number of fused-ring (bicyclic) bond motifs is 1. The van der Waals surface area contributed by atoms with Gasteiger partial charge in [0, 0.05) is 19.8 Å². The van der Waals surface area contributed by atoms with E-state index >= 15 is 0 Å². The molecular formula is C14H19N5O2. The van der Waals surface area contributed by atoms with Gasteiger partial charge in [-0.3, -0.25) is 4.68 Å². The molecule has 0 fully saturated rings. The highest BCUT2D eigenvalue weighted by Gasteiger charge is 2.31. The van der Waals surface area contributed by atoms with Crippen LogP contribution in [-0.2, 0) is 11.8 Å². The highest BCUT2D eigenvalue weighted by molar-refractivity contribution is 5.96. The highest BCUT2D eigenvalue weighted by Crippen LogP contribution is 2.32. The van der Waals surface area contributed by atoms with Gasteiger partial charge in [0.15, 0.2) is 0 Å². The van der Waals surface area contributed by atoms with Crippen LogP contribution in [-0.4, -0.2) is 38.7 Å². The van der Waals surface area contributed by atoms with E-state index in [2.05, 4.69) is 15.5 Å². The van der Waals surface area contributed by atoms with E-state index < -0.39 is 0 Å². The van der Waals surface area contributed by atoms with Crippen LogP contribution in [0.15, 0.2) is 12.3 Å². The predicted octanol–water partition coefficient (Wildman–Crippen LogP) is 1.51. The zero-order valence-corrected chi connectivity index (χ0v) is 12.5. The molecule has 3 heterocycles. The third kappa shape index (κ3) is 2.18. The van der Waals surface area contributed by atoms with E-state index in [1.165, 1.54) is 0 Å². The molecule has 0 amide bonds. The number of nitrogens with zero attached hydrogens (tertiary/aromatic N) is 4. The fourth-order valence-electron chi connectivity index (χ4n) is 2.82. The van der Waals surface area contributed by atoms with Crippen molar-refractivity contribution in [2.24, 2.45) is 7.05 Å². The number of anilines is 1. The number of esters is 1. The van der Waals surface area contributed by atoms with Gasteiger partial charge in [-0.2, -0.15) is 10.2 Å². The van der Waals surface area contributed by atoms with E-state index in [1.54, 1.807) is 13.1 Å². The maximum Gasteiger partial charge on any atom is 0.343 e. The molecule has 1 aliphatic rings. The van der Waals surface area contributed by atoms with Crippen LogP contribution >= 0.6 is 0 Å². The van der Waals surface area contributed by atoms with Crippen LogP contribution in [0, 0.1) is 6.92 Å². The second-order valence-electron chi connectivity index (χ2n) is 5.08. The van der Waals surface area contributed by atoms with E-state index in [0.29, 0.717) is 17.9 Å². The van der Waals surface area contributed by atoms with Gasteiger partial charge in [0.2, 0.25) is 0 Å². The van der Waals surface area contributed by atoms with E-state index in [4.69, 9.17) is 4.74 Å². The molecule has 0 saturated carbocycles. The van der Waals surface area contributed by atoms with Gasteiger partial charge >= 0.3 is 5.97 Å². The van der Waals surface area contributed by atoms with Crippen molar-refractivity contribution in [3.63, 3.8) is 0 Å². The van der Waals surface area contributed by atoms with Crippen molar-refractivity contribution >= 4 is 11.8 Å². The Bertz CT molecular complexity index is 673. The number of carbonyl (C=O) groups is 1. The molecule has 0 bridgehead atoms. The molecule has 3 rings (SSSR count). The molecule has 7 heteroatoms. The number of hydrogen-bond acceptors (Lipinski definition) is 5. The lowest BCUT2D eigenvalue weighted by molar-refractivity contribution is 0.0526. The number of nitrogens with one attached hydrogen (secondary N) is 1. The number of hydrogen-bond donors (Lipinski definition) is 1. The smallest absolute Gasteiger partial charge is 0.343 e. The molecule has 7 nitrogen and oxygen atoms in total. The van der Waals surface area contributed by atoms with Crippen LogP contribution in [0.2, 0.25) is 0 Å². The molecule has 1 N–H and O–H groups in total. The molecule has 0 radical (unpaired) electrons. The fourth-order valence-corrected chi connectivity index (χ4v) is 2.82. The largest absolute Gasteiger partial charge is 0.462 e. The predicted molar refractivity (Wildman–Crippen MR) is 77.4 cm³/mol. The fraction of sp³-hybridized carbons (Fsp3) is 0.500. The average Bonchev–Trinajstić information content (AvgIpc) is 3.01. The van der Waals surface area contributed by atoms with Gasteiger partial charge in [0.1, 0.15) is 11.4 Å². The first kappa shape index (κ1) is 13.7. The van der Waals surface area contributed by atoms with E-state index in [0.717, 1.165) is 24.5 Å². The lowest BCUT2D eigenvalue weighted by atomic mass is 10.1. The molecule has 112 valence electrons. The minimum Gasteiger partial charge on any atom is -0.462 e. The van der Waals surface area contributed by atoms with E-state index in [9.17, 15) is 4.79 Å². The van der Waals surface area contributed by atoms with Gasteiger partial charge in [-0.05, 0) is 26.3 Å². The maximum absolute atomic E-state index is 12.1. The normalized spacial score (nSPS) is 17.2. The van der Waals surface area contributed by atoms with Gasteiger partial charge < -0.3 is 10.1 Å². The van der Waals surface area contributed by atoms with Crippen molar-refractivity contribution in [3.05, 3.63) is 29.2 Å². The summed E-state index contributed by atoms with van der Waals surface area (Å²) in [7, 11) is 1.92. The van der Waals surface area contributed by atoms with Gasteiger partial charge in [-0.15, -0.1) is 0 Å². The summed E-state index contributed by atoms with van der Waals surface area (Å²) in [6.07, 6.45) is 2.68. The molecule has 1 atom stereocenters. The summed E-state index contributed by atoms with van der Waals surface area (Å²) in [6, 6.07) is 2.07. The molecule has 21 heavy (non-hydrogen) atoms. The Hall–Kier alpha value is -2.31. The lowest BCUT2D eigenvalue weighted by Gasteiger charge is -2.26. The van der Waals surface area contributed by atoms with Gasteiger partial charge in [0.25, 0.3) is 0 Å². The monoisotopic (exact) mass is 289 g/mol. The average molecular weight is 289 g/mol. The Morgan fingerprint density at radius 1 is 1.57 bits per heavy atom. The highest BCUT2D eigenvalue weighted by atomic mass is 16.5. The Kier molecular flexibility index (Phi) is 3.40. The van der Waals surface area contributed by atoms with E-state index in [1.807, 2.05) is 29.4 Å². The maximum atomic E-state index is 12.1. The number of aryl methyl sites for hydroxylation is 2. The number of carbonyl (C=O) groups excluding carboxylic acids is 1. The van der Waals surface area contributed by atoms with Crippen molar-refractivity contribution in [1.29, 1.82) is 0 Å². The summed E-state index contributed by atoms with van der Waals surface area (Å²) in [5, 5.41) is 12.0. The molecule has 0 spiro atoms. The molecule has 1 aliphatic heterocycles. The Labute approximate surface area is 122 Å². The summed E-state index contributed by atoms with van der Waals surface area (Å²) in [4.78, 5) is 12.1. The Balaban J connectivity index is 2.06. The Morgan fingerprint density at radius 2 is 2.38 bits per heavy atom. The number of aromatic nitrogens is 4. The summed E-state index contributed by atoms with van der Waals surface area (Å²) in [6.45, 7) is 4.77. The van der Waals surface area contributed by atoms with Gasteiger partial charge in [-0.1, -0.05) is 0 Å². The van der Waals surface area contributed by atoms with E-state index in [-0.39, 0.29) is 12.0 Å². The first-order chi connectivity index (χ1) is 10.1. The second-order valence-corrected chi connectivity index (χ2v) is 5.08. The molecule has 0 aromatic carbocycles. The molecule has 0 saturated heterocycles. The van der Waals surface area contributed by atoms with Crippen molar-refractivity contribution in [2.45, 2.75) is 26.3 Å². The molecule has 0 aliphatic carbocycles. The van der Waals surface area contributed by atoms with Crippen molar-refractivity contribution in [2.75, 3.05) is 18.5 Å². The minimum absolute atomic E-state index is 0.0793. The van der Waals surface area contributed by atoms with Crippen LogP contribution in [0.25, 0.3) is 0 Å². The first-order valence-electron chi connectivity index (χ1n) is 7.11. The van der Waals surface area contributed by atoms with Crippen LogP contribution in [0.5, 0.6) is 0 Å².